The molecule has 2 N–H and O–H groups in total. The quantitative estimate of drug-likeness (QED) is 0.481. The summed E-state index contributed by atoms with van der Waals surface area (Å²) in [4.78, 5) is 34.8. The zero-order valence-electron chi connectivity index (χ0n) is 16.5. The first-order valence-corrected chi connectivity index (χ1v) is 8.95. The second-order valence-electron chi connectivity index (χ2n) is 7.46. The van der Waals surface area contributed by atoms with Crippen molar-refractivity contribution in [3.05, 3.63) is 64.2 Å². The number of anilines is 2. The number of nitrogens with one attached hydrogen (secondary N) is 2. The Morgan fingerprint density at radius 2 is 1.73 bits per heavy atom. The van der Waals surface area contributed by atoms with Gasteiger partial charge < -0.3 is 9.73 Å². The molecule has 0 bridgehead atoms. The number of nitro groups is 1. The molecule has 1 heterocycles. The summed E-state index contributed by atoms with van der Waals surface area (Å²) in [5.41, 5.74) is 0.609. The molecule has 0 saturated carbocycles. The summed E-state index contributed by atoms with van der Waals surface area (Å²) in [5, 5.41) is 23.6. The van der Waals surface area contributed by atoms with Crippen molar-refractivity contribution in [3.63, 3.8) is 0 Å². The first kappa shape index (κ1) is 20.6. The van der Waals surface area contributed by atoms with E-state index in [4.69, 9.17) is 4.42 Å². The van der Waals surface area contributed by atoms with Crippen molar-refractivity contribution in [3.8, 4) is 11.5 Å². The smallest absolute Gasteiger partial charge is 0.322 e. The van der Waals surface area contributed by atoms with Gasteiger partial charge in [0.05, 0.1) is 4.92 Å². The third-order valence-electron chi connectivity index (χ3n) is 4.03. The van der Waals surface area contributed by atoms with E-state index >= 15 is 0 Å². The van der Waals surface area contributed by atoms with Crippen LogP contribution in [-0.4, -0.2) is 26.9 Å². The van der Waals surface area contributed by atoms with Gasteiger partial charge in [0.25, 0.3) is 11.6 Å². The lowest BCUT2D eigenvalue weighted by atomic mass is 9.95. The minimum absolute atomic E-state index is 0.0646. The summed E-state index contributed by atoms with van der Waals surface area (Å²) < 4.78 is 5.41. The molecular formula is C20H19N5O5. The maximum Gasteiger partial charge on any atom is 0.322 e. The molecule has 0 saturated heterocycles. The monoisotopic (exact) mass is 409 g/mol. The second kappa shape index (κ2) is 8.11. The molecule has 0 fully saturated rings. The summed E-state index contributed by atoms with van der Waals surface area (Å²) in [6, 6.07) is 11.9. The Morgan fingerprint density at radius 1 is 1.03 bits per heavy atom. The molecule has 0 atom stereocenters. The van der Waals surface area contributed by atoms with Crippen molar-refractivity contribution in [2.24, 2.45) is 5.41 Å². The van der Waals surface area contributed by atoms with Crippen LogP contribution >= 0.6 is 0 Å². The molecule has 3 rings (SSSR count). The minimum atomic E-state index is -0.573. The van der Waals surface area contributed by atoms with Crippen LogP contribution in [0.5, 0.6) is 0 Å². The maximum atomic E-state index is 12.5. The topological polar surface area (TPSA) is 140 Å². The Balaban J connectivity index is 1.70. The average molecular weight is 409 g/mol. The largest absolute Gasteiger partial charge is 0.403 e. The van der Waals surface area contributed by atoms with E-state index in [1.807, 2.05) is 0 Å². The molecule has 0 radical (unpaired) electrons. The first-order chi connectivity index (χ1) is 14.1. The third kappa shape index (κ3) is 4.85. The first-order valence-electron chi connectivity index (χ1n) is 8.95. The average Bonchev–Trinajstić information content (AvgIpc) is 3.16. The Bertz CT molecular complexity index is 1100. The fourth-order valence-electron chi connectivity index (χ4n) is 2.34. The van der Waals surface area contributed by atoms with E-state index in [0.717, 1.165) is 0 Å². The van der Waals surface area contributed by atoms with Gasteiger partial charge in [-0.3, -0.25) is 25.0 Å². The minimum Gasteiger partial charge on any atom is -0.403 e. The molecule has 3 aromatic rings. The predicted molar refractivity (Wildman–Crippen MR) is 109 cm³/mol. The Labute approximate surface area is 171 Å². The fourth-order valence-corrected chi connectivity index (χ4v) is 2.34. The van der Waals surface area contributed by atoms with Crippen LogP contribution in [0.2, 0.25) is 0 Å². The summed E-state index contributed by atoms with van der Waals surface area (Å²) in [6.45, 7) is 5.37. The molecule has 0 spiro atoms. The molecule has 2 aromatic carbocycles. The molecule has 0 unspecified atom stereocenters. The van der Waals surface area contributed by atoms with E-state index in [0.29, 0.717) is 11.3 Å². The van der Waals surface area contributed by atoms with Crippen molar-refractivity contribution in [1.82, 2.24) is 10.2 Å². The number of carbonyl (C=O) groups is 2. The van der Waals surface area contributed by atoms with E-state index < -0.39 is 16.2 Å². The zero-order chi connectivity index (χ0) is 21.9. The van der Waals surface area contributed by atoms with Crippen LogP contribution in [0, 0.1) is 15.5 Å². The molecule has 10 nitrogen and oxygen atoms in total. The lowest BCUT2D eigenvalue weighted by molar-refractivity contribution is -0.384. The summed E-state index contributed by atoms with van der Waals surface area (Å²) in [6.07, 6.45) is 0. The van der Waals surface area contributed by atoms with Gasteiger partial charge in [0, 0.05) is 34.4 Å². The molecule has 0 aliphatic carbocycles. The van der Waals surface area contributed by atoms with Gasteiger partial charge >= 0.3 is 6.01 Å². The Hall–Kier alpha value is -4.08. The van der Waals surface area contributed by atoms with Crippen molar-refractivity contribution >= 4 is 29.2 Å². The van der Waals surface area contributed by atoms with Gasteiger partial charge in [0.1, 0.15) is 0 Å². The van der Waals surface area contributed by atoms with Gasteiger partial charge in [-0.15, -0.1) is 5.10 Å². The highest BCUT2D eigenvalue weighted by atomic mass is 16.6. The molecule has 0 aliphatic heterocycles. The van der Waals surface area contributed by atoms with E-state index in [9.17, 15) is 19.7 Å². The number of amides is 2. The molecule has 2 amide bonds. The summed E-state index contributed by atoms with van der Waals surface area (Å²) in [5.74, 6) is -0.572. The van der Waals surface area contributed by atoms with Crippen LogP contribution in [0.15, 0.2) is 52.9 Å². The van der Waals surface area contributed by atoms with Crippen LogP contribution in [0.1, 0.15) is 31.1 Å². The van der Waals surface area contributed by atoms with Gasteiger partial charge in [0.2, 0.25) is 11.8 Å². The number of rotatable bonds is 5. The van der Waals surface area contributed by atoms with Crippen LogP contribution in [0.25, 0.3) is 11.5 Å². The van der Waals surface area contributed by atoms with E-state index in [1.54, 1.807) is 39.0 Å². The molecular weight excluding hydrogens is 390 g/mol. The predicted octanol–water partition coefficient (Wildman–Crippen LogP) is 3.88. The Kier molecular flexibility index (Phi) is 5.58. The molecule has 154 valence electrons. The Morgan fingerprint density at radius 3 is 2.37 bits per heavy atom. The van der Waals surface area contributed by atoms with Gasteiger partial charge in [-0.25, -0.2) is 0 Å². The maximum absolute atomic E-state index is 12.5. The number of hydrogen-bond donors (Lipinski definition) is 2. The fraction of sp³-hybridized carbons (Fsp3) is 0.200. The lowest BCUT2D eigenvalue weighted by Crippen LogP contribution is -2.27. The van der Waals surface area contributed by atoms with Crippen LogP contribution in [0.3, 0.4) is 0 Å². The van der Waals surface area contributed by atoms with Crippen molar-refractivity contribution in [2.45, 2.75) is 20.8 Å². The summed E-state index contributed by atoms with van der Waals surface area (Å²) >= 11 is 0. The van der Waals surface area contributed by atoms with Gasteiger partial charge in [-0.1, -0.05) is 31.9 Å². The van der Waals surface area contributed by atoms with Gasteiger partial charge in [0.15, 0.2) is 0 Å². The standard InChI is InChI=1S/C20H19N5O5/c1-20(2,3)18(27)21-14-6-4-5-13(11-14)16(26)22-19-24-23-17(30-19)12-7-9-15(10-8-12)25(28)29/h4-11H,1-3H3,(H,21,27)(H,22,24,26). The zero-order valence-corrected chi connectivity index (χ0v) is 16.5. The highest BCUT2D eigenvalue weighted by Crippen LogP contribution is 2.23. The van der Waals surface area contributed by atoms with Crippen LogP contribution in [-0.2, 0) is 4.79 Å². The number of hydrogen-bond acceptors (Lipinski definition) is 7. The van der Waals surface area contributed by atoms with E-state index in [1.165, 1.54) is 30.3 Å². The van der Waals surface area contributed by atoms with Crippen molar-refractivity contribution in [2.75, 3.05) is 10.6 Å². The highest BCUT2D eigenvalue weighted by molar-refractivity contribution is 6.04. The lowest BCUT2D eigenvalue weighted by Gasteiger charge is -2.17. The normalized spacial score (nSPS) is 11.0. The molecule has 1 aromatic heterocycles. The number of nitro benzene ring substituents is 1. The molecule has 10 heteroatoms. The van der Waals surface area contributed by atoms with Crippen molar-refractivity contribution in [1.29, 1.82) is 0 Å². The highest BCUT2D eigenvalue weighted by Gasteiger charge is 2.21. The number of nitrogens with zero attached hydrogens (tertiary/aromatic N) is 3. The van der Waals surface area contributed by atoms with Crippen molar-refractivity contribution < 1.29 is 18.9 Å². The van der Waals surface area contributed by atoms with E-state index in [2.05, 4.69) is 20.8 Å². The molecule has 0 aliphatic rings. The number of benzene rings is 2. The van der Waals surface area contributed by atoms with Gasteiger partial charge in [-0.05, 0) is 30.3 Å². The number of carbonyl (C=O) groups excluding carboxylic acids is 2. The van der Waals surface area contributed by atoms with Crippen LogP contribution < -0.4 is 10.6 Å². The SMILES string of the molecule is CC(C)(C)C(=O)Nc1cccc(C(=O)Nc2nnc(-c3ccc([N+](=O)[O-])cc3)o2)c1. The second-order valence-corrected chi connectivity index (χ2v) is 7.46. The van der Waals surface area contributed by atoms with E-state index in [-0.39, 0.29) is 29.1 Å². The van der Waals surface area contributed by atoms with Gasteiger partial charge in [-0.2, -0.15) is 0 Å². The van der Waals surface area contributed by atoms with Crippen LogP contribution in [0.4, 0.5) is 17.4 Å². The molecule has 30 heavy (non-hydrogen) atoms. The number of aromatic nitrogens is 2. The number of non-ortho nitro benzene ring substituents is 1. The third-order valence-corrected chi connectivity index (χ3v) is 4.03. The summed E-state index contributed by atoms with van der Waals surface area (Å²) in [7, 11) is 0.